The Morgan fingerprint density at radius 3 is 2.17 bits per heavy atom. The molecule has 6 heteroatoms. The van der Waals surface area contributed by atoms with E-state index in [0.717, 1.165) is 89.1 Å². The van der Waals surface area contributed by atoms with E-state index >= 15 is 0 Å². The predicted molar refractivity (Wildman–Crippen MR) is 263 cm³/mol. The number of benzene rings is 7. The van der Waals surface area contributed by atoms with Gasteiger partial charge in [0.1, 0.15) is 5.58 Å². The molecule has 7 aromatic carbocycles. The van der Waals surface area contributed by atoms with Gasteiger partial charge >= 0.3 is 99.8 Å². The van der Waals surface area contributed by atoms with E-state index in [0.29, 0.717) is 5.56 Å². The smallest absolute Gasteiger partial charge is 0 e. The van der Waals surface area contributed by atoms with Gasteiger partial charge < -0.3 is 8.98 Å². The number of nitrogens with zero attached hydrogens (tertiary/aromatic N) is 3. The van der Waals surface area contributed by atoms with Gasteiger partial charge in [0, 0.05) is 40.9 Å². The first-order valence-electron chi connectivity index (χ1n) is 22.6. The minimum absolute atomic E-state index is 0. The molecule has 0 saturated heterocycles. The van der Waals surface area contributed by atoms with Gasteiger partial charge in [-0.1, -0.05) is 129 Å². The Balaban J connectivity index is 0.000000295. The summed E-state index contributed by atoms with van der Waals surface area (Å²) in [5.74, 6) is 7.90. The van der Waals surface area contributed by atoms with Gasteiger partial charge in [0.15, 0.2) is 0 Å². The monoisotopic (exact) mass is 1060 g/mol. The largest absolute Gasteiger partial charge is 0 e. The summed E-state index contributed by atoms with van der Waals surface area (Å²) in [7, 11) is 0. The van der Waals surface area contributed by atoms with Crippen LogP contribution in [0.15, 0.2) is 168 Å². The van der Waals surface area contributed by atoms with E-state index < -0.39 is 20.1 Å². The van der Waals surface area contributed by atoms with Crippen molar-refractivity contribution in [2.24, 2.45) is 0 Å². The summed E-state index contributed by atoms with van der Waals surface area (Å²) in [6, 6.07) is 59.8. The first-order chi connectivity index (χ1) is 31.0. The Morgan fingerprint density at radius 2 is 1.48 bits per heavy atom. The van der Waals surface area contributed by atoms with E-state index in [-0.39, 0.29) is 25.5 Å². The van der Waals surface area contributed by atoms with E-state index in [1.165, 1.54) is 9.96 Å². The van der Waals surface area contributed by atoms with Crippen LogP contribution in [0, 0.1) is 25.9 Å². The fourth-order valence-corrected chi connectivity index (χ4v) is 10.2. The van der Waals surface area contributed by atoms with Crippen LogP contribution >= 0.6 is 0 Å². The minimum atomic E-state index is -2.14. The van der Waals surface area contributed by atoms with Crippen molar-refractivity contribution in [1.29, 1.82) is 0 Å². The third-order valence-electron chi connectivity index (χ3n) is 11.5. The summed E-state index contributed by atoms with van der Waals surface area (Å²) in [4.78, 5) is 9.77. The number of rotatable bonds is 6. The van der Waals surface area contributed by atoms with E-state index in [4.69, 9.17) is 13.5 Å². The molecule has 0 fully saturated rings. The van der Waals surface area contributed by atoms with Crippen molar-refractivity contribution in [3.05, 3.63) is 193 Å². The van der Waals surface area contributed by atoms with Crippen LogP contribution in [0.5, 0.6) is 0 Å². The fraction of sp³-hybridized carbons (Fsp3) is 0.158. The molecule has 0 aliphatic heterocycles. The zero-order valence-corrected chi connectivity index (χ0v) is 41.2. The summed E-state index contributed by atoms with van der Waals surface area (Å²) < 4.78 is 33.6. The average molecular weight is 1060 g/mol. The van der Waals surface area contributed by atoms with Crippen LogP contribution in [0.25, 0.3) is 83.6 Å². The zero-order valence-electron chi connectivity index (χ0n) is 39.7. The van der Waals surface area contributed by atoms with Crippen molar-refractivity contribution in [3.63, 3.8) is 0 Å². The van der Waals surface area contributed by atoms with Crippen LogP contribution in [0.1, 0.15) is 41.6 Å². The van der Waals surface area contributed by atoms with E-state index in [1.54, 1.807) is 12.1 Å². The van der Waals surface area contributed by atoms with Crippen LogP contribution in [-0.2, 0) is 25.5 Å². The molecule has 315 valence electrons. The second-order valence-electron chi connectivity index (χ2n) is 18.0. The number of hydrogen-bond acceptors (Lipinski definition) is 3. The molecule has 0 N–H and O–H groups in total. The van der Waals surface area contributed by atoms with Crippen LogP contribution in [-0.4, -0.2) is 27.8 Å². The van der Waals surface area contributed by atoms with Crippen molar-refractivity contribution in [1.82, 2.24) is 14.5 Å². The van der Waals surface area contributed by atoms with Crippen LogP contribution in [0.2, 0.25) is 17.3 Å². The molecule has 0 atom stereocenters. The van der Waals surface area contributed by atoms with E-state index in [1.807, 2.05) is 66.9 Å². The van der Waals surface area contributed by atoms with Crippen molar-refractivity contribution < 1.29 is 28.6 Å². The standard InChI is InChI=1S/C43H35N2O.C14H16GeN.Ir/c1-27-15-18-29(19-16-27)31-20-23-33-39(25-31)46-41-34(22-17-28(2)40(33)41)42-44-36-13-9-10-14-38(36)45(42)37-24-21-32(43(3,4)5)26-35(37)30-11-7-6-8-12-30;1-15(2,3)13-9-10-14(16-11-13)12-7-5-4-6-8-12;/h6-21,23-26H,1-5H3;4-7,9-11H,1-3H3;/q2*-1;/i1D3;;. The maximum atomic E-state index is 7.73. The third kappa shape index (κ3) is 8.88. The topological polar surface area (TPSA) is 43.9 Å². The fourth-order valence-electron chi connectivity index (χ4n) is 8.02. The molecule has 4 nitrogen and oxygen atoms in total. The molecule has 1 radical (unpaired) electrons. The Morgan fingerprint density at radius 1 is 0.730 bits per heavy atom. The molecule has 0 amide bonds. The van der Waals surface area contributed by atoms with Gasteiger partial charge in [-0.25, -0.2) is 0 Å². The van der Waals surface area contributed by atoms with Gasteiger partial charge in [0.05, 0.1) is 22.4 Å². The summed E-state index contributed by atoms with van der Waals surface area (Å²) in [6.07, 6.45) is 2.04. The quantitative estimate of drug-likeness (QED) is 0.123. The van der Waals surface area contributed by atoms with Crippen molar-refractivity contribution in [2.75, 3.05) is 0 Å². The summed E-state index contributed by atoms with van der Waals surface area (Å²) in [6.45, 7) is 6.67. The average Bonchev–Trinajstić information content (AvgIpc) is 3.88. The molecular weight excluding hydrogens is 1010 g/mol. The Kier molecular flexibility index (Phi) is 11.2. The minimum Gasteiger partial charge on any atom is 0 e. The first kappa shape index (κ1) is 40.0. The van der Waals surface area contributed by atoms with Gasteiger partial charge in [0.25, 0.3) is 0 Å². The normalized spacial score (nSPS) is 12.6. The molecule has 0 bridgehead atoms. The van der Waals surface area contributed by atoms with Gasteiger partial charge in [-0.3, -0.25) is 4.98 Å². The number of aromatic nitrogens is 3. The summed E-state index contributed by atoms with van der Waals surface area (Å²) in [5.41, 5.74) is 14.0. The maximum absolute atomic E-state index is 7.73. The number of furan rings is 1. The van der Waals surface area contributed by atoms with Gasteiger partial charge in [0.2, 0.25) is 0 Å². The molecule has 0 unspecified atom stereocenters. The molecule has 3 heterocycles. The number of aryl methyl sites for hydroxylation is 2. The first-order valence-corrected chi connectivity index (χ1v) is 28.5. The predicted octanol–water partition coefficient (Wildman–Crippen LogP) is 14.7. The summed E-state index contributed by atoms with van der Waals surface area (Å²) >= 11 is -1.72. The number of fused-ring (bicyclic) bond motifs is 4. The number of imidazole rings is 1. The number of para-hydroxylation sites is 2. The Labute approximate surface area is 392 Å². The third-order valence-corrected chi connectivity index (χ3v) is 15.8. The van der Waals surface area contributed by atoms with Gasteiger partial charge in [-0.05, 0) is 64.9 Å². The van der Waals surface area contributed by atoms with Crippen LogP contribution in [0.3, 0.4) is 0 Å². The van der Waals surface area contributed by atoms with Gasteiger partial charge in [-0.2, -0.15) is 0 Å². The Hall–Kier alpha value is -5.85. The van der Waals surface area contributed by atoms with Crippen LogP contribution in [0.4, 0.5) is 0 Å². The molecule has 0 aliphatic carbocycles. The second kappa shape index (κ2) is 17.7. The number of pyridine rings is 1. The molecule has 10 rings (SSSR count). The molecule has 0 spiro atoms. The summed E-state index contributed by atoms with van der Waals surface area (Å²) in [5, 5.41) is 2.03. The van der Waals surface area contributed by atoms with E-state index in [9.17, 15) is 0 Å². The molecular formula is C57H51GeIrN3O-2. The number of hydrogen-bond donors (Lipinski definition) is 0. The molecule has 63 heavy (non-hydrogen) atoms. The van der Waals surface area contributed by atoms with Crippen molar-refractivity contribution >= 4 is 50.6 Å². The van der Waals surface area contributed by atoms with Gasteiger partial charge in [-0.15, -0.1) is 17.7 Å². The molecule has 3 aromatic heterocycles. The zero-order chi connectivity index (χ0) is 45.7. The second-order valence-corrected chi connectivity index (χ2v) is 28.7. The Bertz CT molecular complexity index is 3310. The van der Waals surface area contributed by atoms with E-state index in [2.05, 4.69) is 152 Å². The van der Waals surface area contributed by atoms with Crippen molar-refractivity contribution in [2.45, 2.75) is 57.2 Å². The van der Waals surface area contributed by atoms with Crippen LogP contribution < -0.4 is 4.40 Å². The molecule has 10 aromatic rings. The SMILES string of the molecule is [2H]C([2H])([2H])c1ccc(-c2ccc3c(c2)oc2c(-c4nc5ccccc5n4-c4ccc(C(C)(C)C)cc4-c4ccccc4)[c-]cc(C)c23)cc1.[CH3][Ge]([CH3])([CH3])[c]1ccc(-c2[c-]cccc2)nc1.[Ir]. The molecule has 0 aliphatic rings. The van der Waals surface area contributed by atoms with Crippen molar-refractivity contribution in [3.8, 4) is 50.6 Å². The maximum Gasteiger partial charge on any atom is 0 e. The molecule has 0 saturated carbocycles.